The quantitative estimate of drug-likeness (QED) is 0.799. The van der Waals surface area contributed by atoms with Crippen LogP contribution in [-0.4, -0.2) is 49.3 Å². The minimum absolute atomic E-state index is 0.231. The Bertz CT molecular complexity index is 270. The van der Waals surface area contributed by atoms with Crippen LogP contribution in [0, 0.1) is 11.3 Å². The van der Waals surface area contributed by atoms with Crippen LogP contribution in [0.1, 0.15) is 32.6 Å². The largest absolute Gasteiger partial charge is 0.361 e. The van der Waals surface area contributed by atoms with Crippen LogP contribution in [0.4, 0.5) is 0 Å². The van der Waals surface area contributed by atoms with Gasteiger partial charge in [-0.05, 0) is 32.7 Å². The first-order valence-electron chi connectivity index (χ1n) is 6.78. The van der Waals surface area contributed by atoms with Crippen molar-refractivity contribution >= 4 is 0 Å². The molecule has 0 bridgehead atoms. The Labute approximate surface area is 104 Å². The van der Waals surface area contributed by atoms with Crippen LogP contribution in [0.5, 0.6) is 0 Å². The highest BCUT2D eigenvalue weighted by molar-refractivity contribution is 4.91. The van der Waals surface area contributed by atoms with Crippen LogP contribution in [0.15, 0.2) is 0 Å². The molecule has 0 radical (unpaired) electrons. The predicted molar refractivity (Wildman–Crippen MR) is 66.6 cm³/mol. The van der Waals surface area contributed by atoms with E-state index in [1.807, 2.05) is 0 Å². The molecule has 4 heteroatoms. The van der Waals surface area contributed by atoms with Gasteiger partial charge in [0, 0.05) is 25.2 Å². The van der Waals surface area contributed by atoms with Crippen LogP contribution in [-0.2, 0) is 4.74 Å². The van der Waals surface area contributed by atoms with Gasteiger partial charge in [-0.2, -0.15) is 5.26 Å². The first-order valence-corrected chi connectivity index (χ1v) is 6.78. The smallest absolute Gasteiger partial charge is 0.156 e. The van der Waals surface area contributed by atoms with Gasteiger partial charge >= 0.3 is 0 Å². The van der Waals surface area contributed by atoms with Crippen LogP contribution in [0.25, 0.3) is 0 Å². The van der Waals surface area contributed by atoms with Crippen molar-refractivity contribution in [2.75, 3.05) is 26.2 Å². The lowest BCUT2D eigenvalue weighted by Gasteiger charge is -2.37. The molecule has 4 nitrogen and oxygen atoms in total. The van der Waals surface area contributed by atoms with E-state index in [1.54, 1.807) is 0 Å². The van der Waals surface area contributed by atoms with Crippen molar-refractivity contribution in [3.8, 4) is 6.07 Å². The summed E-state index contributed by atoms with van der Waals surface area (Å²) in [5.41, 5.74) is 0. The Hall–Kier alpha value is -0.630. The highest BCUT2D eigenvalue weighted by Crippen LogP contribution is 2.17. The standard InChI is InChI=1S/C13H23N3O/c1-11(8-12-4-2-3-5-15-12)16-6-7-17-13(9-14)10-16/h11-13,15H,2-8,10H2,1H3. The monoisotopic (exact) mass is 237 g/mol. The van der Waals surface area contributed by atoms with E-state index in [1.165, 1.54) is 32.2 Å². The highest BCUT2D eigenvalue weighted by Gasteiger charge is 2.25. The van der Waals surface area contributed by atoms with Crippen molar-refractivity contribution in [1.82, 2.24) is 10.2 Å². The molecule has 3 atom stereocenters. The van der Waals surface area contributed by atoms with Crippen molar-refractivity contribution in [1.29, 1.82) is 5.26 Å². The summed E-state index contributed by atoms with van der Waals surface area (Å²) in [5.74, 6) is 0. The summed E-state index contributed by atoms with van der Waals surface area (Å²) < 4.78 is 5.38. The molecule has 2 rings (SSSR count). The molecule has 17 heavy (non-hydrogen) atoms. The van der Waals surface area contributed by atoms with E-state index in [9.17, 15) is 0 Å². The first kappa shape index (κ1) is 12.8. The van der Waals surface area contributed by atoms with Crippen LogP contribution in [0.3, 0.4) is 0 Å². The Kier molecular flexibility index (Phi) is 4.78. The van der Waals surface area contributed by atoms with E-state index in [2.05, 4.69) is 23.2 Å². The normalized spacial score (nSPS) is 32.9. The van der Waals surface area contributed by atoms with Gasteiger partial charge in [0.25, 0.3) is 0 Å². The summed E-state index contributed by atoms with van der Waals surface area (Å²) in [6, 6.07) is 3.43. The van der Waals surface area contributed by atoms with Crippen molar-refractivity contribution in [3.63, 3.8) is 0 Å². The fourth-order valence-electron chi connectivity index (χ4n) is 2.83. The molecule has 3 unspecified atom stereocenters. The third-order valence-corrected chi connectivity index (χ3v) is 3.90. The minimum atomic E-state index is -0.231. The van der Waals surface area contributed by atoms with Gasteiger partial charge in [0.15, 0.2) is 6.10 Å². The van der Waals surface area contributed by atoms with Crippen LogP contribution < -0.4 is 5.32 Å². The van der Waals surface area contributed by atoms with E-state index in [0.717, 1.165) is 13.1 Å². The van der Waals surface area contributed by atoms with Crippen molar-refractivity contribution in [3.05, 3.63) is 0 Å². The molecule has 2 saturated heterocycles. The number of nitrogens with one attached hydrogen (secondary N) is 1. The number of hydrogen-bond donors (Lipinski definition) is 1. The highest BCUT2D eigenvalue weighted by atomic mass is 16.5. The number of nitrogens with zero attached hydrogens (tertiary/aromatic N) is 2. The molecule has 0 aromatic rings. The molecule has 0 saturated carbocycles. The number of piperidine rings is 1. The average Bonchev–Trinajstić information content (AvgIpc) is 2.40. The van der Waals surface area contributed by atoms with Crippen molar-refractivity contribution < 1.29 is 4.74 Å². The summed E-state index contributed by atoms with van der Waals surface area (Å²) in [6.07, 6.45) is 4.94. The van der Waals surface area contributed by atoms with Gasteiger partial charge in [0.05, 0.1) is 12.7 Å². The Morgan fingerprint density at radius 2 is 2.41 bits per heavy atom. The number of nitriles is 1. The second kappa shape index (κ2) is 6.34. The molecule has 0 spiro atoms. The molecule has 0 aromatic heterocycles. The average molecular weight is 237 g/mol. The number of hydrogen-bond acceptors (Lipinski definition) is 4. The van der Waals surface area contributed by atoms with Crippen molar-refractivity contribution in [2.24, 2.45) is 0 Å². The maximum absolute atomic E-state index is 8.90. The summed E-state index contributed by atoms with van der Waals surface area (Å²) in [5, 5.41) is 12.5. The summed E-state index contributed by atoms with van der Waals surface area (Å²) in [4.78, 5) is 2.40. The Morgan fingerprint density at radius 3 is 3.12 bits per heavy atom. The fraction of sp³-hybridized carbons (Fsp3) is 0.923. The molecular weight excluding hydrogens is 214 g/mol. The summed E-state index contributed by atoms with van der Waals surface area (Å²) in [7, 11) is 0. The predicted octanol–water partition coefficient (Wildman–Crippen LogP) is 1.13. The van der Waals surface area contributed by atoms with Gasteiger partial charge in [0.1, 0.15) is 0 Å². The third kappa shape index (κ3) is 3.67. The summed E-state index contributed by atoms with van der Waals surface area (Å²) >= 11 is 0. The summed E-state index contributed by atoms with van der Waals surface area (Å²) in [6.45, 7) is 5.87. The maximum Gasteiger partial charge on any atom is 0.156 e. The minimum Gasteiger partial charge on any atom is -0.361 e. The molecule has 0 aromatic carbocycles. The molecule has 2 aliphatic rings. The number of morpholine rings is 1. The van der Waals surface area contributed by atoms with Crippen molar-refractivity contribution in [2.45, 2.75) is 50.8 Å². The zero-order valence-electron chi connectivity index (χ0n) is 10.7. The van der Waals surface area contributed by atoms with Crippen LogP contribution >= 0.6 is 0 Å². The van der Waals surface area contributed by atoms with Gasteiger partial charge in [0.2, 0.25) is 0 Å². The lowest BCUT2D eigenvalue weighted by atomic mass is 9.98. The van der Waals surface area contributed by atoms with Gasteiger partial charge in [-0.1, -0.05) is 6.42 Å². The second-order valence-corrected chi connectivity index (χ2v) is 5.22. The third-order valence-electron chi connectivity index (χ3n) is 3.90. The molecule has 2 heterocycles. The van der Waals surface area contributed by atoms with Gasteiger partial charge in [-0.15, -0.1) is 0 Å². The lowest BCUT2D eigenvalue weighted by molar-refractivity contribution is -0.0171. The Morgan fingerprint density at radius 1 is 1.53 bits per heavy atom. The molecule has 2 fully saturated rings. The number of rotatable bonds is 3. The number of ether oxygens (including phenoxy) is 1. The Balaban J connectivity index is 1.78. The molecule has 2 aliphatic heterocycles. The van der Waals surface area contributed by atoms with Gasteiger partial charge in [-0.25, -0.2) is 0 Å². The molecule has 0 amide bonds. The SMILES string of the molecule is CC(CC1CCCCN1)N1CCOC(C#N)C1. The van der Waals surface area contributed by atoms with E-state index in [0.29, 0.717) is 18.7 Å². The van der Waals surface area contributed by atoms with Gasteiger partial charge < -0.3 is 10.1 Å². The molecular formula is C13H23N3O. The molecule has 1 N–H and O–H groups in total. The molecule has 0 aliphatic carbocycles. The fourth-order valence-corrected chi connectivity index (χ4v) is 2.83. The molecule has 96 valence electrons. The topological polar surface area (TPSA) is 48.3 Å². The maximum atomic E-state index is 8.90. The first-order chi connectivity index (χ1) is 8.29. The van der Waals surface area contributed by atoms with Crippen LogP contribution in [0.2, 0.25) is 0 Å². The zero-order valence-corrected chi connectivity index (χ0v) is 10.7. The van der Waals surface area contributed by atoms with E-state index in [4.69, 9.17) is 10.00 Å². The zero-order chi connectivity index (χ0) is 12.1. The van der Waals surface area contributed by atoms with E-state index < -0.39 is 0 Å². The second-order valence-electron chi connectivity index (χ2n) is 5.22. The van der Waals surface area contributed by atoms with E-state index >= 15 is 0 Å². The lowest BCUT2D eigenvalue weighted by Crippen LogP contribution is -2.48. The van der Waals surface area contributed by atoms with E-state index in [-0.39, 0.29) is 6.10 Å². The van der Waals surface area contributed by atoms with Gasteiger partial charge in [-0.3, -0.25) is 4.90 Å².